The Morgan fingerprint density at radius 2 is 1.87 bits per heavy atom. The maximum Gasteiger partial charge on any atom is 0.184 e. The molecule has 0 amide bonds. The zero-order chi connectivity index (χ0) is 10.7. The van der Waals surface area contributed by atoms with Crippen LogP contribution in [0.5, 0.6) is 0 Å². The lowest BCUT2D eigenvalue weighted by Crippen LogP contribution is -1.98. The van der Waals surface area contributed by atoms with E-state index < -0.39 is 0 Å². The minimum atomic E-state index is -0.163. The zero-order valence-electron chi connectivity index (χ0n) is 9.03. The van der Waals surface area contributed by atoms with Gasteiger partial charge in [0.05, 0.1) is 13.2 Å². The summed E-state index contributed by atoms with van der Waals surface area (Å²) in [6, 6.07) is 8.34. The van der Waals surface area contributed by atoms with Crippen LogP contribution < -0.4 is 0 Å². The first-order chi connectivity index (χ1) is 7.25. The minimum absolute atomic E-state index is 0.163. The minimum Gasteiger partial charge on any atom is -0.346 e. The molecule has 0 N–H and O–H groups in total. The molecule has 1 aliphatic heterocycles. The molecule has 2 rings (SSSR count). The summed E-state index contributed by atoms with van der Waals surface area (Å²) in [6.45, 7) is 7.32. The van der Waals surface area contributed by atoms with Gasteiger partial charge in [-0.05, 0) is 18.9 Å². The highest BCUT2D eigenvalue weighted by Crippen LogP contribution is 2.23. The molecule has 2 heteroatoms. The number of hydrogen-bond donors (Lipinski definition) is 0. The molecule has 0 unspecified atom stereocenters. The van der Waals surface area contributed by atoms with Crippen molar-refractivity contribution in [2.75, 3.05) is 13.2 Å². The van der Waals surface area contributed by atoms with Gasteiger partial charge in [-0.2, -0.15) is 0 Å². The highest BCUT2D eigenvalue weighted by Gasteiger charge is 2.17. The fourth-order valence-electron chi connectivity index (χ4n) is 1.69. The lowest BCUT2D eigenvalue weighted by atomic mass is 10.1. The van der Waals surface area contributed by atoms with Gasteiger partial charge in [-0.3, -0.25) is 0 Å². The van der Waals surface area contributed by atoms with Crippen LogP contribution in [0.1, 0.15) is 24.3 Å². The predicted molar refractivity (Wildman–Crippen MR) is 59.6 cm³/mol. The molecule has 0 aromatic heterocycles. The Morgan fingerprint density at radius 1 is 1.27 bits per heavy atom. The van der Waals surface area contributed by atoms with Gasteiger partial charge in [-0.15, -0.1) is 0 Å². The van der Waals surface area contributed by atoms with E-state index in [9.17, 15) is 0 Å². The van der Waals surface area contributed by atoms with Crippen LogP contribution >= 0.6 is 0 Å². The van der Waals surface area contributed by atoms with Gasteiger partial charge in [0.15, 0.2) is 6.29 Å². The summed E-state index contributed by atoms with van der Waals surface area (Å²) in [4.78, 5) is 0. The van der Waals surface area contributed by atoms with Crippen molar-refractivity contribution in [2.45, 2.75) is 19.6 Å². The first-order valence-electron chi connectivity index (χ1n) is 5.22. The SMILES string of the molecule is C=C(C)Cc1ccc(C2OCCO2)cc1. The second-order valence-corrected chi connectivity index (χ2v) is 3.95. The summed E-state index contributed by atoms with van der Waals surface area (Å²) in [5, 5.41) is 0. The van der Waals surface area contributed by atoms with Crippen LogP contribution in [0.3, 0.4) is 0 Å². The quantitative estimate of drug-likeness (QED) is 0.705. The summed E-state index contributed by atoms with van der Waals surface area (Å²) in [7, 11) is 0. The van der Waals surface area contributed by atoms with Crippen LogP contribution in [0.25, 0.3) is 0 Å². The van der Waals surface area contributed by atoms with E-state index in [1.165, 1.54) is 11.1 Å². The zero-order valence-corrected chi connectivity index (χ0v) is 9.03. The Kier molecular flexibility index (Phi) is 3.19. The van der Waals surface area contributed by atoms with E-state index in [2.05, 4.69) is 30.8 Å². The molecule has 1 aromatic rings. The average molecular weight is 204 g/mol. The van der Waals surface area contributed by atoms with E-state index in [4.69, 9.17) is 9.47 Å². The number of allylic oxidation sites excluding steroid dienone is 1. The Hall–Kier alpha value is -1.12. The molecule has 0 spiro atoms. The molecule has 2 nitrogen and oxygen atoms in total. The molecule has 1 aliphatic rings. The maximum atomic E-state index is 5.42. The van der Waals surface area contributed by atoms with E-state index in [1.54, 1.807) is 0 Å². The molecule has 0 atom stereocenters. The third kappa shape index (κ3) is 2.67. The first-order valence-corrected chi connectivity index (χ1v) is 5.22. The topological polar surface area (TPSA) is 18.5 Å². The normalized spacial score (nSPS) is 16.9. The number of hydrogen-bond acceptors (Lipinski definition) is 2. The van der Waals surface area contributed by atoms with Crippen LogP contribution in [0.15, 0.2) is 36.4 Å². The molecule has 1 fully saturated rings. The van der Waals surface area contributed by atoms with Crippen LogP contribution in [0.4, 0.5) is 0 Å². The van der Waals surface area contributed by atoms with Crippen molar-refractivity contribution < 1.29 is 9.47 Å². The lowest BCUT2D eigenvalue weighted by Gasteiger charge is -2.09. The van der Waals surface area contributed by atoms with Crippen molar-refractivity contribution in [3.05, 3.63) is 47.5 Å². The fourth-order valence-corrected chi connectivity index (χ4v) is 1.69. The molecule has 1 saturated heterocycles. The van der Waals surface area contributed by atoms with Gasteiger partial charge >= 0.3 is 0 Å². The average Bonchev–Trinajstić information content (AvgIpc) is 2.71. The number of rotatable bonds is 3. The van der Waals surface area contributed by atoms with Crippen LogP contribution in [-0.4, -0.2) is 13.2 Å². The number of benzene rings is 1. The van der Waals surface area contributed by atoms with Crippen LogP contribution in [-0.2, 0) is 15.9 Å². The highest BCUT2D eigenvalue weighted by atomic mass is 16.7. The molecule has 15 heavy (non-hydrogen) atoms. The molecule has 80 valence electrons. The third-order valence-corrected chi connectivity index (χ3v) is 2.38. The first kappa shape index (κ1) is 10.4. The van der Waals surface area contributed by atoms with Crippen molar-refractivity contribution >= 4 is 0 Å². The van der Waals surface area contributed by atoms with Gasteiger partial charge < -0.3 is 9.47 Å². The van der Waals surface area contributed by atoms with Crippen molar-refractivity contribution in [3.63, 3.8) is 0 Å². The molecule has 0 bridgehead atoms. The molecule has 0 saturated carbocycles. The molecule has 0 radical (unpaired) electrons. The van der Waals surface area contributed by atoms with Gasteiger partial charge in [0, 0.05) is 5.56 Å². The van der Waals surface area contributed by atoms with E-state index in [0.29, 0.717) is 13.2 Å². The van der Waals surface area contributed by atoms with Gasteiger partial charge in [0.25, 0.3) is 0 Å². The van der Waals surface area contributed by atoms with Crippen LogP contribution in [0.2, 0.25) is 0 Å². The summed E-state index contributed by atoms with van der Waals surface area (Å²) < 4.78 is 10.8. The van der Waals surface area contributed by atoms with Crippen molar-refractivity contribution in [1.29, 1.82) is 0 Å². The lowest BCUT2D eigenvalue weighted by molar-refractivity contribution is -0.0441. The van der Waals surface area contributed by atoms with Gasteiger partial charge in [-0.1, -0.05) is 36.4 Å². The number of ether oxygens (including phenoxy) is 2. The van der Waals surface area contributed by atoms with Gasteiger partial charge in [0.2, 0.25) is 0 Å². The summed E-state index contributed by atoms with van der Waals surface area (Å²) >= 11 is 0. The van der Waals surface area contributed by atoms with E-state index in [1.807, 2.05) is 6.92 Å². The van der Waals surface area contributed by atoms with E-state index >= 15 is 0 Å². The Labute approximate surface area is 90.5 Å². The van der Waals surface area contributed by atoms with E-state index in [-0.39, 0.29) is 6.29 Å². The van der Waals surface area contributed by atoms with Crippen LogP contribution in [0, 0.1) is 0 Å². The second kappa shape index (κ2) is 4.60. The van der Waals surface area contributed by atoms with Crippen molar-refractivity contribution in [3.8, 4) is 0 Å². The molecular weight excluding hydrogens is 188 g/mol. The largest absolute Gasteiger partial charge is 0.346 e. The molecular formula is C13H16O2. The monoisotopic (exact) mass is 204 g/mol. The Balaban J connectivity index is 2.06. The highest BCUT2D eigenvalue weighted by molar-refractivity contribution is 5.26. The van der Waals surface area contributed by atoms with E-state index in [0.717, 1.165) is 12.0 Å². The third-order valence-electron chi connectivity index (χ3n) is 2.38. The van der Waals surface area contributed by atoms with Gasteiger partial charge in [-0.25, -0.2) is 0 Å². The maximum absolute atomic E-state index is 5.42. The second-order valence-electron chi connectivity index (χ2n) is 3.95. The summed E-state index contributed by atoms with van der Waals surface area (Å²) in [5.74, 6) is 0. The summed E-state index contributed by atoms with van der Waals surface area (Å²) in [5.41, 5.74) is 3.55. The van der Waals surface area contributed by atoms with Crippen molar-refractivity contribution in [1.82, 2.24) is 0 Å². The summed E-state index contributed by atoms with van der Waals surface area (Å²) in [6.07, 6.45) is 0.774. The predicted octanol–water partition coefficient (Wildman–Crippen LogP) is 2.85. The Bertz CT molecular complexity index is 334. The Morgan fingerprint density at radius 3 is 2.40 bits per heavy atom. The standard InChI is InChI=1S/C13H16O2/c1-10(2)9-11-3-5-12(6-4-11)13-14-7-8-15-13/h3-6,13H,1,7-9H2,2H3. The molecule has 1 aromatic carbocycles. The molecule has 1 heterocycles. The van der Waals surface area contributed by atoms with Gasteiger partial charge in [0.1, 0.15) is 0 Å². The smallest absolute Gasteiger partial charge is 0.184 e. The fraction of sp³-hybridized carbons (Fsp3) is 0.385. The van der Waals surface area contributed by atoms with Crippen molar-refractivity contribution in [2.24, 2.45) is 0 Å². The molecule has 0 aliphatic carbocycles.